The van der Waals surface area contributed by atoms with Gasteiger partial charge in [-0.15, -0.1) is 0 Å². The summed E-state index contributed by atoms with van der Waals surface area (Å²) in [6, 6.07) is 15.0. The summed E-state index contributed by atoms with van der Waals surface area (Å²) < 4.78 is 38.5. The van der Waals surface area contributed by atoms with Crippen LogP contribution in [0.25, 0.3) is 0 Å². The second kappa shape index (κ2) is 9.93. The molecule has 0 aromatic heterocycles. The second-order valence-corrected chi connectivity index (χ2v) is 8.15. The van der Waals surface area contributed by atoms with Gasteiger partial charge in [-0.3, -0.25) is 9.59 Å². The number of anilines is 3. The van der Waals surface area contributed by atoms with Crippen molar-refractivity contribution in [2.75, 3.05) is 23.3 Å². The van der Waals surface area contributed by atoms with Crippen LogP contribution in [-0.4, -0.2) is 31.1 Å². The first-order chi connectivity index (χ1) is 15.1. The van der Waals surface area contributed by atoms with Crippen LogP contribution in [0.3, 0.4) is 0 Å². The molecule has 1 saturated heterocycles. The van der Waals surface area contributed by atoms with E-state index in [9.17, 15) is 22.8 Å². The van der Waals surface area contributed by atoms with E-state index >= 15 is 0 Å². The number of benzene rings is 2. The molecule has 1 heterocycles. The zero-order valence-electron chi connectivity index (χ0n) is 17.6. The van der Waals surface area contributed by atoms with Crippen molar-refractivity contribution >= 4 is 28.9 Å². The molecule has 2 amide bonds. The molecular formula is C23H27F3N4O2. The minimum Gasteiger partial charge on any atom is -0.372 e. The lowest BCUT2D eigenvalue weighted by molar-refractivity contribution is -0.179. The molecule has 1 fully saturated rings. The molecule has 32 heavy (non-hydrogen) atoms. The number of nitrogens with one attached hydrogen (secondary N) is 1. The van der Waals surface area contributed by atoms with Crippen LogP contribution in [0.5, 0.6) is 0 Å². The molecule has 9 heteroatoms. The van der Waals surface area contributed by atoms with Gasteiger partial charge in [0.25, 0.3) is 0 Å². The van der Waals surface area contributed by atoms with E-state index in [-0.39, 0.29) is 19.3 Å². The number of halogens is 3. The zero-order chi connectivity index (χ0) is 23.3. The zero-order valence-corrected chi connectivity index (χ0v) is 17.6. The topological polar surface area (TPSA) is 101 Å². The first kappa shape index (κ1) is 23.4. The standard InChI is InChI=1S/C23H27F3N4O2/c24-23(25,26)17-9-11-30(12-10-17)20-7-5-19(6-8-20)29-18-3-1-15(2-4-18)13-16(22(28)32)14-21(27)31/h1-8,16-17,29H,9-14H2,(H2,27,31)(H2,28,32). The van der Waals surface area contributed by atoms with E-state index in [0.29, 0.717) is 19.5 Å². The minimum atomic E-state index is -4.11. The van der Waals surface area contributed by atoms with E-state index in [1.807, 2.05) is 53.4 Å². The molecule has 1 atom stereocenters. The first-order valence-corrected chi connectivity index (χ1v) is 10.5. The molecular weight excluding hydrogens is 421 g/mol. The highest BCUT2D eigenvalue weighted by molar-refractivity contribution is 5.84. The third-order valence-electron chi connectivity index (χ3n) is 5.76. The summed E-state index contributed by atoms with van der Waals surface area (Å²) in [5.74, 6) is -2.98. The van der Waals surface area contributed by atoms with Gasteiger partial charge in [-0.2, -0.15) is 13.2 Å². The maximum atomic E-state index is 12.8. The Labute approximate surface area is 184 Å². The van der Waals surface area contributed by atoms with Gasteiger partial charge in [0.2, 0.25) is 11.8 Å². The average molecular weight is 448 g/mol. The van der Waals surface area contributed by atoms with Crippen molar-refractivity contribution in [3.8, 4) is 0 Å². The largest absolute Gasteiger partial charge is 0.391 e. The van der Waals surface area contributed by atoms with Crippen molar-refractivity contribution in [2.45, 2.75) is 31.9 Å². The van der Waals surface area contributed by atoms with Gasteiger partial charge in [-0.1, -0.05) is 12.1 Å². The van der Waals surface area contributed by atoms with Crippen molar-refractivity contribution in [1.82, 2.24) is 0 Å². The minimum absolute atomic E-state index is 0.0877. The molecule has 1 unspecified atom stereocenters. The number of rotatable bonds is 8. The molecule has 3 rings (SSSR count). The van der Waals surface area contributed by atoms with Gasteiger partial charge in [-0.05, 0) is 61.2 Å². The quantitative estimate of drug-likeness (QED) is 0.573. The highest BCUT2D eigenvalue weighted by Crippen LogP contribution is 2.35. The highest BCUT2D eigenvalue weighted by atomic mass is 19.4. The van der Waals surface area contributed by atoms with E-state index in [4.69, 9.17) is 11.5 Å². The van der Waals surface area contributed by atoms with E-state index in [2.05, 4.69) is 5.32 Å². The lowest BCUT2D eigenvalue weighted by Crippen LogP contribution is -2.38. The summed E-state index contributed by atoms with van der Waals surface area (Å²) >= 11 is 0. The fourth-order valence-corrected chi connectivity index (χ4v) is 3.91. The van der Waals surface area contributed by atoms with Gasteiger partial charge in [0.1, 0.15) is 0 Å². The van der Waals surface area contributed by atoms with Gasteiger partial charge >= 0.3 is 6.18 Å². The van der Waals surface area contributed by atoms with Crippen LogP contribution >= 0.6 is 0 Å². The van der Waals surface area contributed by atoms with Gasteiger partial charge in [0, 0.05) is 36.6 Å². The molecule has 2 aromatic carbocycles. The number of piperidine rings is 1. The van der Waals surface area contributed by atoms with E-state index < -0.39 is 29.8 Å². The summed E-state index contributed by atoms with van der Waals surface area (Å²) in [7, 11) is 0. The SMILES string of the molecule is NC(=O)CC(Cc1ccc(Nc2ccc(N3CCC(C(F)(F)F)CC3)cc2)cc1)C(N)=O. The van der Waals surface area contributed by atoms with Crippen molar-refractivity contribution < 1.29 is 22.8 Å². The fraction of sp³-hybridized carbons (Fsp3) is 0.391. The number of primary amides is 2. The molecule has 0 bridgehead atoms. The van der Waals surface area contributed by atoms with Gasteiger partial charge in [-0.25, -0.2) is 0 Å². The van der Waals surface area contributed by atoms with Crippen molar-refractivity contribution in [2.24, 2.45) is 23.3 Å². The van der Waals surface area contributed by atoms with Crippen molar-refractivity contribution in [3.63, 3.8) is 0 Å². The van der Waals surface area contributed by atoms with Crippen molar-refractivity contribution in [1.29, 1.82) is 0 Å². The number of carbonyl (C=O) groups excluding carboxylic acids is 2. The average Bonchev–Trinajstić information content (AvgIpc) is 2.74. The summed E-state index contributed by atoms with van der Waals surface area (Å²) in [5.41, 5.74) is 14.0. The molecule has 0 aliphatic carbocycles. The van der Waals surface area contributed by atoms with Crippen LogP contribution in [0.4, 0.5) is 30.2 Å². The Bertz CT molecular complexity index is 922. The lowest BCUT2D eigenvalue weighted by atomic mass is 9.95. The molecule has 0 spiro atoms. The second-order valence-electron chi connectivity index (χ2n) is 8.15. The van der Waals surface area contributed by atoms with E-state index in [0.717, 1.165) is 22.6 Å². The lowest BCUT2D eigenvalue weighted by Gasteiger charge is -2.34. The summed E-state index contributed by atoms with van der Waals surface area (Å²) in [4.78, 5) is 24.6. The van der Waals surface area contributed by atoms with Crippen LogP contribution in [0.1, 0.15) is 24.8 Å². The van der Waals surface area contributed by atoms with Gasteiger partial charge in [0.15, 0.2) is 0 Å². The van der Waals surface area contributed by atoms with Gasteiger partial charge < -0.3 is 21.7 Å². The summed E-state index contributed by atoms with van der Waals surface area (Å²) in [6.07, 6.45) is -3.64. The Kier molecular flexibility index (Phi) is 7.27. The monoisotopic (exact) mass is 448 g/mol. The third-order valence-corrected chi connectivity index (χ3v) is 5.76. The smallest absolute Gasteiger partial charge is 0.372 e. The normalized spacial score (nSPS) is 15.9. The fourth-order valence-electron chi connectivity index (χ4n) is 3.91. The Morgan fingerprint density at radius 1 is 0.969 bits per heavy atom. The molecule has 0 saturated carbocycles. The third kappa shape index (κ3) is 6.38. The Morgan fingerprint density at radius 2 is 1.50 bits per heavy atom. The van der Waals surface area contributed by atoms with Crippen LogP contribution in [0.2, 0.25) is 0 Å². The molecule has 2 aromatic rings. The molecule has 1 aliphatic heterocycles. The number of nitrogens with zero attached hydrogens (tertiary/aromatic N) is 1. The van der Waals surface area contributed by atoms with Crippen LogP contribution < -0.4 is 21.7 Å². The van der Waals surface area contributed by atoms with Crippen LogP contribution in [-0.2, 0) is 16.0 Å². The Morgan fingerprint density at radius 3 is 1.97 bits per heavy atom. The van der Waals surface area contributed by atoms with Crippen molar-refractivity contribution in [3.05, 3.63) is 54.1 Å². The van der Waals surface area contributed by atoms with Gasteiger partial charge in [0.05, 0.1) is 11.8 Å². The van der Waals surface area contributed by atoms with Crippen LogP contribution in [0, 0.1) is 11.8 Å². The maximum Gasteiger partial charge on any atom is 0.391 e. The van der Waals surface area contributed by atoms with E-state index in [1.165, 1.54) is 0 Å². The Hall–Kier alpha value is -3.23. The number of nitrogens with two attached hydrogens (primary N) is 2. The highest BCUT2D eigenvalue weighted by Gasteiger charge is 2.41. The molecule has 172 valence electrons. The Balaban J connectivity index is 1.55. The molecule has 0 radical (unpaired) electrons. The van der Waals surface area contributed by atoms with E-state index in [1.54, 1.807) is 0 Å². The van der Waals surface area contributed by atoms with Crippen LogP contribution in [0.15, 0.2) is 48.5 Å². The summed E-state index contributed by atoms with van der Waals surface area (Å²) in [6.45, 7) is 0.779. The number of carbonyl (C=O) groups is 2. The maximum absolute atomic E-state index is 12.8. The molecule has 5 N–H and O–H groups in total. The summed E-state index contributed by atoms with van der Waals surface area (Å²) in [5, 5.41) is 3.26. The number of alkyl halides is 3. The molecule has 1 aliphatic rings. The number of hydrogen-bond acceptors (Lipinski definition) is 4. The number of hydrogen-bond donors (Lipinski definition) is 3. The first-order valence-electron chi connectivity index (χ1n) is 10.5. The number of amides is 2. The predicted octanol–water partition coefficient (Wildman–Crippen LogP) is 3.73. The molecule has 6 nitrogen and oxygen atoms in total. The predicted molar refractivity (Wildman–Crippen MR) is 117 cm³/mol.